The Morgan fingerprint density at radius 3 is 2.76 bits per heavy atom. The van der Waals surface area contributed by atoms with Crippen molar-refractivity contribution in [1.82, 2.24) is 10.3 Å². The number of amides is 1. The third-order valence-corrected chi connectivity index (χ3v) is 3.04. The molecular formula is C11H16N2O3S. The lowest BCUT2D eigenvalue weighted by molar-refractivity contribution is -0.141. The van der Waals surface area contributed by atoms with Crippen LogP contribution in [0.2, 0.25) is 0 Å². The minimum atomic E-state index is -0.991. The summed E-state index contributed by atoms with van der Waals surface area (Å²) < 4.78 is 0. The van der Waals surface area contributed by atoms with E-state index >= 15 is 0 Å². The van der Waals surface area contributed by atoms with Gasteiger partial charge in [-0.1, -0.05) is 13.3 Å². The van der Waals surface area contributed by atoms with Gasteiger partial charge in [0.1, 0.15) is 6.04 Å². The van der Waals surface area contributed by atoms with Crippen LogP contribution in [0.3, 0.4) is 0 Å². The van der Waals surface area contributed by atoms with Gasteiger partial charge in [0.2, 0.25) is 5.91 Å². The van der Waals surface area contributed by atoms with E-state index in [2.05, 4.69) is 10.3 Å². The van der Waals surface area contributed by atoms with Crippen LogP contribution in [0.1, 0.15) is 30.5 Å². The highest BCUT2D eigenvalue weighted by Crippen LogP contribution is 2.08. The van der Waals surface area contributed by atoms with Crippen LogP contribution in [0.5, 0.6) is 0 Å². The Hall–Kier alpha value is -1.43. The van der Waals surface area contributed by atoms with Gasteiger partial charge in [-0.3, -0.25) is 4.79 Å². The van der Waals surface area contributed by atoms with E-state index in [1.807, 2.05) is 19.2 Å². The van der Waals surface area contributed by atoms with E-state index in [-0.39, 0.29) is 12.3 Å². The van der Waals surface area contributed by atoms with Crippen molar-refractivity contribution < 1.29 is 14.7 Å². The molecule has 0 radical (unpaired) electrons. The molecule has 1 rings (SSSR count). The molecule has 0 saturated heterocycles. The lowest BCUT2D eigenvalue weighted by Crippen LogP contribution is -2.41. The second-order valence-corrected chi connectivity index (χ2v) is 4.84. The molecule has 0 aliphatic heterocycles. The number of rotatable bonds is 6. The number of nitrogens with one attached hydrogen (secondary N) is 1. The molecule has 6 heteroatoms. The summed E-state index contributed by atoms with van der Waals surface area (Å²) in [4.78, 5) is 26.6. The van der Waals surface area contributed by atoms with Crippen LogP contribution in [0.25, 0.3) is 0 Å². The largest absolute Gasteiger partial charge is 0.480 e. The lowest BCUT2D eigenvalue weighted by Gasteiger charge is -2.12. The second kappa shape index (κ2) is 6.34. The Kier molecular flexibility index (Phi) is 5.09. The predicted molar refractivity (Wildman–Crippen MR) is 65.0 cm³/mol. The standard InChI is InChI=1S/C11H16N2O3S/c1-3-4-9(11(15)16)13-10(14)5-8-6-17-7(2)12-8/h6,9H,3-5H2,1-2H3,(H,13,14)(H,15,16)/t9-/m0/s1. The Balaban J connectivity index is 2.50. The van der Waals surface area contributed by atoms with Gasteiger partial charge in [-0.25, -0.2) is 9.78 Å². The maximum atomic E-state index is 11.6. The van der Waals surface area contributed by atoms with Gasteiger partial charge >= 0.3 is 5.97 Å². The fraction of sp³-hybridized carbons (Fsp3) is 0.545. The zero-order valence-corrected chi connectivity index (χ0v) is 10.7. The lowest BCUT2D eigenvalue weighted by atomic mass is 10.1. The number of carboxylic acid groups (broad SMARTS) is 1. The van der Waals surface area contributed by atoms with Crippen molar-refractivity contribution in [3.05, 3.63) is 16.1 Å². The third kappa shape index (κ3) is 4.52. The first-order valence-electron chi connectivity index (χ1n) is 5.46. The topological polar surface area (TPSA) is 79.3 Å². The van der Waals surface area contributed by atoms with Crippen LogP contribution >= 0.6 is 11.3 Å². The minimum absolute atomic E-state index is 0.137. The summed E-state index contributed by atoms with van der Waals surface area (Å²) in [6, 6.07) is -0.799. The summed E-state index contributed by atoms with van der Waals surface area (Å²) in [5.41, 5.74) is 0.686. The second-order valence-electron chi connectivity index (χ2n) is 3.78. The van der Waals surface area contributed by atoms with Crippen molar-refractivity contribution in [3.63, 3.8) is 0 Å². The summed E-state index contributed by atoms with van der Waals surface area (Å²) in [7, 11) is 0. The number of aromatic nitrogens is 1. The number of thiazole rings is 1. The summed E-state index contributed by atoms with van der Waals surface area (Å²) in [6.07, 6.45) is 1.29. The smallest absolute Gasteiger partial charge is 0.326 e. The maximum absolute atomic E-state index is 11.6. The molecule has 0 spiro atoms. The number of carbonyl (C=O) groups is 2. The average Bonchev–Trinajstić information content (AvgIpc) is 2.63. The van der Waals surface area contributed by atoms with Crippen molar-refractivity contribution in [3.8, 4) is 0 Å². The molecule has 5 nitrogen and oxygen atoms in total. The molecule has 0 fully saturated rings. The number of hydrogen-bond donors (Lipinski definition) is 2. The van der Waals surface area contributed by atoms with Gasteiger partial charge in [0.25, 0.3) is 0 Å². The molecular weight excluding hydrogens is 240 g/mol. The molecule has 2 N–H and O–H groups in total. The average molecular weight is 256 g/mol. The van der Waals surface area contributed by atoms with Gasteiger partial charge < -0.3 is 10.4 Å². The molecule has 1 heterocycles. The first-order valence-corrected chi connectivity index (χ1v) is 6.34. The minimum Gasteiger partial charge on any atom is -0.480 e. The van der Waals surface area contributed by atoms with Crippen molar-refractivity contribution in [2.24, 2.45) is 0 Å². The molecule has 1 aromatic rings. The van der Waals surface area contributed by atoms with E-state index in [1.54, 1.807) is 0 Å². The van der Waals surface area contributed by atoms with Gasteiger partial charge in [-0.15, -0.1) is 11.3 Å². The first kappa shape index (κ1) is 13.6. The highest BCUT2D eigenvalue weighted by Gasteiger charge is 2.19. The molecule has 1 amide bonds. The Morgan fingerprint density at radius 2 is 2.29 bits per heavy atom. The maximum Gasteiger partial charge on any atom is 0.326 e. The van der Waals surface area contributed by atoms with Crippen LogP contribution in [0.4, 0.5) is 0 Å². The van der Waals surface area contributed by atoms with Crippen LogP contribution in [0, 0.1) is 6.92 Å². The van der Waals surface area contributed by atoms with E-state index in [0.717, 1.165) is 5.01 Å². The third-order valence-electron chi connectivity index (χ3n) is 2.22. The molecule has 0 unspecified atom stereocenters. The molecule has 1 atom stereocenters. The van der Waals surface area contributed by atoms with E-state index in [1.165, 1.54) is 11.3 Å². The molecule has 0 aliphatic carbocycles. The monoisotopic (exact) mass is 256 g/mol. The van der Waals surface area contributed by atoms with Gasteiger partial charge in [-0.05, 0) is 13.3 Å². The highest BCUT2D eigenvalue weighted by molar-refractivity contribution is 7.09. The van der Waals surface area contributed by atoms with Crippen molar-refractivity contribution in [2.45, 2.75) is 39.2 Å². The van der Waals surface area contributed by atoms with Crippen molar-refractivity contribution >= 4 is 23.2 Å². The van der Waals surface area contributed by atoms with E-state index < -0.39 is 12.0 Å². The summed E-state index contributed by atoms with van der Waals surface area (Å²) in [6.45, 7) is 3.75. The van der Waals surface area contributed by atoms with E-state index in [0.29, 0.717) is 18.5 Å². The number of hydrogen-bond acceptors (Lipinski definition) is 4. The molecule has 1 aromatic heterocycles. The van der Waals surface area contributed by atoms with Crippen LogP contribution < -0.4 is 5.32 Å². The molecule has 0 bridgehead atoms. The van der Waals surface area contributed by atoms with Gasteiger partial charge in [0.15, 0.2) is 0 Å². The Labute approximate surface area is 104 Å². The Morgan fingerprint density at radius 1 is 1.59 bits per heavy atom. The van der Waals surface area contributed by atoms with Crippen molar-refractivity contribution in [2.75, 3.05) is 0 Å². The number of aliphatic carboxylic acids is 1. The summed E-state index contributed by atoms with van der Waals surface area (Å²) >= 11 is 1.47. The zero-order valence-electron chi connectivity index (χ0n) is 9.90. The highest BCUT2D eigenvalue weighted by atomic mass is 32.1. The van der Waals surface area contributed by atoms with Crippen molar-refractivity contribution in [1.29, 1.82) is 0 Å². The van der Waals surface area contributed by atoms with E-state index in [4.69, 9.17) is 5.11 Å². The van der Waals surface area contributed by atoms with E-state index in [9.17, 15) is 9.59 Å². The molecule has 0 aromatic carbocycles. The Bertz CT molecular complexity index is 403. The number of carboxylic acids is 1. The zero-order chi connectivity index (χ0) is 12.8. The van der Waals surface area contributed by atoms with Crippen LogP contribution in [-0.2, 0) is 16.0 Å². The molecule has 17 heavy (non-hydrogen) atoms. The summed E-state index contributed by atoms with van der Waals surface area (Å²) in [5.74, 6) is -1.29. The molecule has 0 saturated carbocycles. The fourth-order valence-electron chi connectivity index (χ4n) is 1.45. The number of nitrogens with zero attached hydrogens (tertiary/aromatic N) is 1. The first-order chi connectivity index (χ1) is 8.02. The molecule has 0 aliphatic rings. The fourth-order valence-corrected chi connectivity index (χ4v) is 2.06. The number of carbonyl (C=O) groups excluding carboxylic acids is 1. The van der Waals surface area contributed by atoms with Gasteiger partial charge in [0, 0.05) is 5.38 Å². The molecule has 94 valence electrons. The normalized spacial score (nSPS) is 12.1. The van der Waals surface area contributed by atoms with Crippen LogP contribution in [-0.4, -0.2) is 28.0 Å². The summed E-state index contributed by atoms with van der Waals surface area (Å²) in [5, 5.41) is 14.1. The SMILES string of the molecule is CCC[C@H](NC(=O)Cc1csc(C)n1)C(=O)O. The quantitative estimate of drug-likeness (QED) is 0.805. The van der Waals surface area contributed by atoms with Gasteiger partial charge in [0.05, 0.1) is 17.1 Å². The number of aryl methyl sites for hydroxylation is 1. The predicted octanol–water partition coefficient (Wildman–Crippen LogP) is 1.36. The van der Waals surface area contributed by atoms with Crippen LogP contribution in [0.15, 0.2) is 5.38 Å². The van der Waals surface area contributed by atoms with Gasteiger partial charge in [-0.2, -0.15) is 0 Å².